The van der Waals surface area contributed by atoms with E-state index in [2.05, 4.69) is 67.2 Å². The number of nitrogen functional groups attached to an aromatic ring is 2. The summed E-state index contributed by atoms with van der Waals surface area (Å²) in [6.45, 7) is 3.22. The van der Waals surface area contributed by atoms with Gasteiger partial charge in [0.25, 0.3) is 0 Å². The molecule has 4 rings (SSSR count). The zero-order valence-electron chi connectivity index (χ0n) is 14.4. The Balaban J connectivity index is 1.59. The first-order valence-corrected chi connectivity index (χ1v) is 8.58. The van der Waals surface area contributed by atoms with Crippen molar-refractivity contribution < 1.29 is 0 Å². The van der Waals surface area contributed by atoms with Gasteiger partial charge in [0.1, 0.15) is 0 Å². The van der Waals surface area contributed by atoms with Crippen LogP contribution in [0.4, 0.5) is 23.3 Å². The lowest BCUT2D eigenvalue weighted by atomic mass is 10.1. The van der Waals surface area contributed by atoms with Gasteiger partial charge >= 0.3 is 0 Å². The number of rotatable bonds is 4. The van der Waals surface area contributed by atoms with E-state index in [4.69, 9.17) is 11.5 Å². The van der Waals surface area contributed by atoms with Crippen molar-refractivity contribution in [1.82, 2.24) is 15.0 Å². The second-order valence-corrected chi connectivity index (χ2v) is 6.29. The van der Waals surface area contributed by atoms with E-state index in [0.717, 1.165) is 25.3 Å². The summed E-state index contributed by atoms with van der Waals surface area (Å²) in [5, 5.41) is 0. The van der Waals surface area contributed by atoms with Gasteiger partial charge in [-0.25, -0.2) is 0 Å². The standard InChI is InChI=1S/C19H21N7/c20-18-22-17(23-19(21)24-18)13-26-11-10-25(12-14-6-2-1-3-7-14)15-8-4-5-9-16(15)26/h1-9H,10-13H2,(H4,20,21,22,23,24). The van der Waals surface area contributed by atoms with Crippen LogP contribution in [-0.2, 0) is 13.1 Å². The molecule has 7 nitrogen and oxygen atoms in total. The monoisotopic (exact) mass is 347 g/mol. The van der Waals surface area contributed by atoms with E-state index in [1.54, 1.807) is 0 Å². The van der Waals surface area contributed by atoms with Crippen LogP contribution in [-0.4, -0.2) is 28.0 Å². The molecular weight excluding hydrogens is 326 g/mol. The first kappa shape index (κ1) is 16.1. The van der Waals surface area contributed by atoms with Crippen molar-refractivity contribution in [3.8, 4) is 0 Å². The van der Waals surface area contributed by atoms with Crippen LogP contribution >= 0.6 is 0 Å². The van der Waals surface area contributed by atoms with Crippen molar-refractivity contribution in [3.63, 3.8) is 0 Å². The zero-order chi connectivity index (χ0) is 17.9. The van der Waals surface area contributed by atoms with E-state index in [0.29, 0.717) is 12.4 Å². The minimum Gasteiger partial charge on any atom is -0.368 e. The molecular formula is C19H21N7. The summed E-state index contributed by atoms with van der Waals surface area (Å²) in [6.07, 6.45) is 0. The lowest BCUT2D eigenvalue weighted by Crippen LogP contribution is -2.40. The van der Waals surface area contributed by atoms with Gasteiger partial charge in [-0.1, -0.05) is 42.5 Å². The fourth-order valence-corrected chi connectivity index (χ4v) is 3.31. The summed E-state index contributed by atoms with van der Waals surface area (Å²) in [6, 6.07) is 18.9. The van der Waals surface area contributed by atoms with Crippen molar-refractivity contribution in [1.29, 1.82) is 0 Å². The van der Waals surface area contributed by atoms with E-state index in [1.807, 2.05) is 12.1 Å². The van der Waals surface area contributed by atoms with Crippen LogP contribution in [0.15, 0.2) is 54.6 Å². The number of para-hydroxylation sites is 2. The zero-order valence-corrected chi connectivity index (χ0v) is 14.4. The molecule has 0 atom stereocenters. The molecule has 2 heterocycles. The normalized spacial score (nSPS) is 13.5. The Morgan fingerprint density at radius 1 is 0.692 bits per heavy atom. The largest absolute Gasteiger partial charge is 0.368 e. The molecule has 0 spiro atoms. The lowest BCUT2D eigenvalue weighted by molar-refractivity contribution is 0.679. The van der Waals surface area contributed by atoms with E-state index in [-0.39, 0.29) is 11.9 Å². The number of nitrogens with two attached hydrogens (primary N) is 2. The van der Waals surface area contributed by atoms with Gasteiger partial charge in [-0.15, -0.1) is 0 Å². The Morgan fingerprint density at radius 2 is 1.23 bits per heavy atom. The number of benzene rings is 2. The van der Waals surface area contributed by atoms with Crippen LogP contribution in [0.3, 0.4) is 0 Å². The van der Waals surface area contributed by atoms with Crippen LogP contribution in [0.25, 0.3) is 0 Å². The molecule has 1 aliphatic rings. The Morgan fingerprint density at radius 3 is 1.85 bits per heavy atom. The second kappa shape index (κ2) is 6.87. The average molecular weight is 347 g/mol. The van der Waals surface area contributed by atoms with Crippen LogP contribution in [0.2, 0.25) is 0 Å². The van der Waals surface area contributed by atoms with Gasteiger partial charge in [-0.2, -0.15) is 15.0 Å². The summed E-state index contributed by atoms with van der Waals surface area (Å²) in [4.78, 5) is 16.9. The quantitative estimate of drug-likeness (QED) is 0.745. The van der Waals surface area contributed by atoms with Gasteiger partial charge in [0.05, 0.1) is 17.9 Å². The van der Waals surface area contributed by atoms with Crippen LogP contribution in [0.5, 0.6) is 0 Å². The second-order valence-electron chi connectivity index (χ2n) is 6.29. The van der Waals surface area contributed by atoms with Gasteiger partial charge in [0.2, 0.25) is 11.9 Å². The van der Waals surface area contributed by atoms with Gasteiger partial charge in [-0.05, 0) is 17.7 Å². The molecule has 7 heteroatoms. The highest BCUT2D eigenvalue weighted by atomic mass is 15.3. The molecule has 1 aliphatic heterocycles. The Labute approximate surface area is 152 Å². The van der Waals surface area contributed by atoms with Gasteiger partial charge in [0, 0.05) is 19.6 Å². The minimum atomic E-state index is 0.156. The molecule has 26 heavy (non-hydrogen) atoms. The molecule has 0 saturated heterocycles. The molecule has 132 valence electrons. The molecule has 0 bridgehead atoms. The number of fused-ring (bicyclic) bond motifs is 1. The van der Waals surface area contributed by atoms with E-state index in [9.17, 15) is 0 Å². The average Bonchev–Trinajstić information content (AvgIpc) is 2.64. The van der Waals surface area contributed by atoms with Crippen molar-refractivity contribution in [2.75, 3.05) is 34.4 Å². The van der Waals surface area contributed by atoms with E-state index < -0.39 is 0 Å². The highest BCUT2D eigenvalue weighted by Gasteiger charge is 2.23. The van der Waals surface area contributed by atoms with Crippen molar-refractivity contribution in [3.05, 3.63) is 66.0 Å². The summed E-state index contributed by atoms with van der Waals surface area (Å²) in [5.74, 6) is 0.897. The third-order valence-electron chi connectivity index (χ3n) is 4.47. The van der Waals surface area contributed by atoms with Crippen LogP contribution in [0.1, 0.15) is 11.4 Å². The van der Waals surface area contributed by atoms with Crippen LogP contribution < -0.4 is 21.3 Å². The summed E-state index contributed by atoms with van der Waals surface area (Å²) in [5.41, 5.74) is 15.1. The van der Waals surface area contributed by atoms with Crippen LogP contribution in [0, 0.1) is 0 Å². The number of aromatic nitrogens is 3. The summed E-state index contributed by atoms with van der Waals surface area (Å²) < 4.78 is 0. The number of nitrogens with zero attached hydrogens (tertiary/aromatic N) is 5. The van der Waals surface area contributed by atoms with Crippen molar-refractivity contribution >= 4 is 23.3 Å². The van der Waals surface area contributed by atoms with Gasteiger partial charge < -0.3 is 21.3 Å². The molecule has 0 unspecified atom stereocenters. The molecule has 2 aromatic carbocycles. The SMILES string of the molecule is Nc1nc(N)nc(CN2CCN(Cc3ccccc3)c3ccccc32)n1. The first-order valence-electron chi connectivity index (χ1n) is 8.58. The Bertz CT molecular complexity index is 877. The predicted octanol–water partition coefficient (Wildman–Crippen LogP) is 2.06. The smallest absolute Gasteiger partial charge is 0.225 e. The molecule has 0 amide bonds. The lowest BCUT2D eigenvalue weighted by Gasteiger charge is -2.38. The molecule has 3 aromatic rings. The predicted molar refractivity (Wildman–Crippen MR) is 104 cm³/mol. The maximum Gasteiger partial charge on any atom is 0.225 e. The van der Waals surface area contributed by atoms with Crippen molar-refractivity contribution in [2.45, 2.75) is 13.1 Å². The highest BCUT2D eigenvalue weighted by Crippen LogP contribution is 2.34. The summed E-state index contributed by atoms with van der Waals surface area (Å²) >= 11 is 0. The molecule has 4 N–H and O–H groups in total. The summed E-state index contributed by atoms with van der Waals surface area (Å²) in [7, 11) is 0. The number of hydrogen-bond acceptors (Lipinski definition) is 7. The molecule has 0 aliphatic carbocycles. The highest BCUT2D eigenvalue weighted by molar-refractivity contribution is 5.73. The van der Waals surface area contributed by atoms with Crippen molar-refractivity contribution in [2.24, 2.45) is 0 Å². The fraction of sp³-hybridized carbons (Fsp3) is 0.211. The molecule has 0 saturated carbocycles. The van der Waals surface area contributed by atoms with Gasteiger partial charge in [-0.3, -0.25) is 0 Å². The minimum absolute atomic E-state index is 0.156. The molecule has 0 radical (unpaired) electrons. The Hall–Kier alpha value is -3.35. The molecule has 0 fully saturated rings. The topological polar surface area (TPSA) is 97.2 Å². The molecule has 1 aromatic heterocycles. The third-order valence-corrected chi connectivity index (χ3v) is 4.47. The first-order chi connectivity index (χ1) is 12.7. The van der Waals surface area contributed by atoms with E-state index >= 15 is 0 Å². The maximum absolute atomic E-state index is 5.70. The number of hydrogen-bond donors (Lipinski definition) is 2. The van der Waals surface area contributed by atoms with Gasteiger partial charge in [0.15, 0.2) is 5.82 Å². The number of anilines is 4. The maximum atomic E-state index is 5.70. The fourth-order valence-electron chi connectivity index (χ4n) is 3.31. The third kappa shape index (κ3) is 3.37. The Kier molecular flexibility index (Phi) is 4.27. The van der Waals surface area contributed by atoms with E-state index in [1.165, 1.54) is 11.3 Å².